The average molecular weight is 370 g/mol. The lowest BCUT2D eigenvalue weighted by Gasteiger charge is -2.10. The van der Waals surface area contributed by atoms with E-state index in [-0.39, 0.29) is 12.4 Å². The van der Waals surface area contributed by atoms with Gasteiger partial charge in [-0.3, -0.25) is 9.67 Å². The normalized spacial score (nSPS) is 10.6. The van der Waals surface area contributed by atoms with Crippen molar-refractivity contribution in [2.45, 2.75) is 6.54 Å². The number of rotatable bonds is 4. The van der Waals surface area contributed by atoms with E-state index in [1.807, 2.05) is 30.3 Å². The van der Waals surface area contributed by atoms with E-state index < -0.39 is 5.82 Å². The van der Waals surface area contributed by atoms with Crippen LogP contribution in [0.15, 0.2) is 67.3 Å². The summed E-state index contributed by atoms with van der Waals surface area (Å²) >= 11 is 0. The molecular weight excluding hydrogens is 355 g/mol. The van der Waals surface area contributed by atoms with Gasteiger partial charge in [-0.25, -0.2) is 9.37 Å². The quantitative estimate of drug-likeness (QED) is 0.588. The SMILES string of the molecule is N#CCn1cc(-c2ccccc2-c2ccc(-c3cnc(N)cn3)c(F)c2)cn1. The third-order valence-electron chi connectivity index (χ3n) is 4.33. The molecule has 4 rings (SSSR count). The zero-order valence-electron chi connectivity index (χ0n) is 14.7. The summed E-state index contributed by atoms with van der Waals surface area (Å²) in [4.78, 5) is 8.10. The first-order valence-corrected chi connectivity index (χ1v) is 8.52. The second kappa shape index (κ2) is 7.29. The molecule has 0 aliphatic rings. The summed E-state index contributed by atoms with van der Waals surface area (Å²) in [7, 11) is 0. The molecule has 0 aliphatic carbocycles. The Morgan fingerprint density at radius 1 is 0.964 bits per heavy atom. The van der Waals surface area contributed by atoms with Gasteiger partial charge in [0.25, 0.3) is 0 Å². The van der Waals surface area contributed by atoms with Crippen LogP contribution >= 0.6 is 0 Å². The van der Waals surface area contributed by atoms with Crippen LogP contribution in [0.25, 0.3) is 33.5 Å². The number of hydrogen-bond acceptors (Lipinski definition) is 5. The number of nitrogens with zero attached hydrogens (tertiary/aromatic N) is 5. The third kappa shape index (κ3) is 3.31. The molecule has 0 aliphatic heterocycles. The van der Waals surface area contributed by atoms with Crippen molar-refractivity contribution < 1.29 is 4.39 Å². The van der Waals surface area contributed by atoms with Gasteiger partial charge < -0.3 is 5.73 Å². The van der Waals surface area contributed by atoms with Gasteiger partial charge in [-0.15, -0.1) is 0 Å². The Kier molecular flexibility index (Phi) is 4.52. The van der Waals surface area contributed by atoms with Crippen LogP contribution in [0.5, 0.6) is 0 Å². The smallest absolute Gasteiger partial charge is 0.141 e. The van der Waals surface area contributed by atoms with Crippen molar-refractivity contribution in [1.29, 1.82) is 5.26 Å². The summed E-state index contributed by atoms with van der Waals surface area (Å²) in [6, 6.07) is 14.7. The van der Waals surface area contributed by atoms with E-state index in [1.54, 1.807) is 23.1 Å². The number of halogens is 1. The van der Waals surface area contributed by atoms with Gasteiger partial charge in [-0.05, 0) is 28.8 Å². The molecule has 0 radical (unpaired) electrons. The van der Waals surface area contributed by atoms with E-state index in [1.165, 1.54) is 18.5 Å². The molecule has 6 nitrogen and oxygen atoms in total. The van der Waals surface area contributed by atoms with E-state index in [0.29, 0.717) is 11.3 Å². The molecule has 0 saturated heterocycles. The summed E-state index contributed by atoms with van der Waals surface area (Å²) < 4.78 is 16.4. The van der Waals surface area contributed by atoms with Crippen molar-refractivity contribution in [1.82, 2.24) is 19.7 Å². The predicted octanol–water partition coefficient (Wildman–Crippen LogP) is 3.92. The van der Waals surface area contributed by atoms with Crippen molar-refractivity contribution in [2.75, 3.05) is 5.73 Å². The molecule has 2 aromatic carbocycles. The maximum atomic E-state index is 14.8. The second-order valence-corrected chi connectivity index (χ2v) is 6.15. The van der Waals surface area contributed by atoms with Crippen molar-refractivity contribution in [3.8, 4) is 39.6 Å². The van der Waals surface area contributed by atoms with Crippen LogP contribution in [0.2, 0.25) is 0 Å². The Morgan fingerprint density at radius 2 is 1.75 bits per heavy atom. The van der Waals surface area contributed by atoms with Gasteiger partial charge in [0.2, 0.25) is 0 Å². The molecule has 0 atom stereocenters. The summed E-state index contributed by atoms with van der Waals surface area (Å²) in [5.41, 5.74) is 9.69. The number of hydrogen-bond donors (Lipinski definition) is 1. The van der Waals surface area contributed by atoms with Crippen LogP contribution in [-0.2, 0) is 6.54 Å². The molecule has 0 spiro atoms. The molecule has 2 aromatic heterocycles. The van der Waals surface area contributed by atoms with Crippen molar-refractivity contribution in [3.05, 3.63) is 73.1 Å². The fraction of sp³-hybridized carbons (Fsp3) is 0.0476. The van der Waals surface area contributed by atoms with Crippen LogP contribution in [0.4, 0.5) is 10.2 Å². The van der Waals surface area contributed by atoms with E-state index >= 15 is 0 Å². The van der Waals surface area contributed by atoms with Crippen molar-refractivity contribution in [2.24, 2.45) is 0 Å². The molecule has 0 saturated carbocycles. The highest BCUT2D eigenvalue weighted by Crippen LogP contribution is 2.34. The molecule has 4 aromatic rings. The second-order valence-electron chi connectivity index (χ2n) is 6.15. The van der Waals surface area contributed by atoms with E-state index in [4.69, 9.17) is 11.0 Å². The van der Waals surface area contributed by atoms with Gasteiger partial charge in [0, 0.05) is 17.3 Å². The first-order valence-electron chi connectivity index (χ1n) is 8.52. The number of nitriles is 1. The summed E-state index contributed by atoms with van der Waals surface area (Å²) in [6.07, 6.45) is 6.35. The Bertz CT molecular complexity index is 1170. The number of nitrogens with two attached hydrogens (primary N) is 1. The third-order valence-corrected chi connectivity index (χ3v) is 4.33. The zero-order chi connectivity index (χ0) is 19.5. The van der Waals surface area contributed by atoms with Gasteiger partial charge in [-0.2, -0.15) is 10.4 Å². The van der Waals surface area contributed by atoms with E-state index in [0.717, 1.165) is 22.3 Å². The molecule has 7 heteroatoms. The van der Waals surface area contributed by atoms with Gasteiger partial charge in [0.1, 0.15) is 18.2 Å². The summed E-state index contributed by atoms with van der Waals surface area (Å²) in [6.45, 7) is 0.175. The number of anilines is 1. The molecule has 2 N–H and O–H groups in total. The molecule has 28 heavy (non-hydrogen) atoms. The largest absolute Gasteiger partial charge is 0.382 e. The highest BCUT2D eigenvalue weighted by molar-refractivity contribution is 5.83. The lowest BCUT2D eigenvalue weighted by atomic mass is 9.95. The lowest BCUT2D eigenvalue weighted by Crippen LogP contribution is -1.95. The highest BCUT2D eigenvalue weighted by atomic mass is 19.1. The van der Waals surface area contributed by atoms with Crippen LogP contribution in [0, 0.1) is 17.1 Å². The molecule has 0 unspecified atom stereocenters. The van der Waals surface area contributed by atoms with Gasteiger partial charge in [-0.1, -0.05) is 30.3 Å². The monoisotopic (exact) mass is 370 g/mol. The molecule has 0 bridgehead atoms. The minimum absolute atomic E-state index is 0.175. The van der Waals surface area contributed by atoms with Crippen LogP contribution in [0.3, 0.4) is 0 Å². The molecule has 136 valence electrons. The predicted molar refractivity (Wildman–Crippen MR) is 104 cm³/mol. The summed E-state index contributed by atoms with van der Waals surface area (Å²) in [5.74, 6) is -0.113. The fourth-order valence-electron chi connectivity index (χ4n) is 3.02. The average Bonchev–Trinajstić information content (AvgIpc) is 3.18. The lowest BCUT2D eigenvalue weighted by molar-refractivity contribution is 0.631. The fourth-order valence-corrected chi connectivity index (χ4v) is 3.02. The number of aromatic nitrogens is 4. The van der Waals surface area contributed by atoms with E-state index in [2.05, 4.69) is 21.1 Å². The minimum Gasteiger partial charge on any atom is -0.382 e. The maximum Gasteiger partial charge on any atom is 0.141 e. The minimum atomic E-state index is -0.397. The van der Waals surface area contributed by atoms with Gasteiger partial charge in [0.15, 0.2) is 0 Å². The Balaban J connectivity index is 1.75. The number of benzene rings is 2. The Hall–Kier alpha value is -4.05. The van der Waals surface area contributed by atoms with Crippen LogP contribution in [0.1, 0.15) is 0 Å². The molecule has 2 heterocycles. The van der Waals surface area contributed by atoms with Gasteiger partial charge >= 0.3 is 0 Å². The van der Waals surface area contributed by atoms with Gasteiger partial charge in [0.05, 0.1) is 30.4 Å². The van der Waals surface area contributed by atoms with Crippen LogP contribution in [-0.4, -0.2) is 19.7 Å². The highest BCUT2D eigenvalue weighted by Gasteiger charge is 2.13. The summed E-state index contributed by atoms with van der Waals surface area (Å²) in [5, 5.41) is 13.0. The number of nitrogen functional groups attached to an aromatic ring is 1. The molecular formula is C21H15FN6. The van der Waals surface area contributed by atoms with Crippen LogP contribution < -0.4 is 5.73 Å². The topological polar surface area (TPSA) is 93.4 Å². The van der Waals surface area contributed by atoms with Crippen molar-refractivity contribution in [3.63, 3.8) is 0 Å². The van der Waals surface area contributed by atoms with E-state index in [9.17, 15) is 4.39 Å². The van der Waals surface area contributed by atoms with Crippen molar-refractivity contribution >= 4 is 5.82 Å². The standard InChI is InChI=1S/C21H15FN6/c22-19-9-14(5-6-18(19)20-11-26-21(24)12-25-20)16-3-1-2-4-17(16)15-10-27-28(13-15)8-7-23/h1-6,9-13H,8H2,(H2,24,26). The Morgan fingerprint density at radius 3 is 2.43 bits per heavy atom. The Labute approximate surface area is 160 Å². The molecule has 0 amide bonds. The first-order chi connectivity index (χ1) is 13.7. The zero-order valence-corrected chi connectivity index (χ0v) is 14.7. The molecule has 0 fully saturated rings. The first kappa shape index (κ1) is 17.4. The maximum absolute atomic E-state index is 14.8.